The van der Waals surface area contributed by atoms with Crippen molar-refractivity contribution in [1.82, 2.24) is 0 Å². The van der Waals surface area contributed by atoms with Crippen LogP contribution in [0.2, 0.25) is 0 Å². The maximum Gasteiger partial charge on any atom is 0.389 e. The lowest BCUT2D eigenvalue weighted by atomic mass is 10.0. The summed E-state index contributed by atoms with van der Waals surface area (Å²) in [5.41, 5.74) is 3.61. The molecule has 1 rings (SSSR count). The highest BCUT2D eigenvalue weighted by Gasteiger charge is 2.32. The number of alkyl halides is 3. The molecule has 0 saturated carbocycles. The highest BCUT2D eigenvalue weighted by Crippen LogP contribution is 2.31. The fourth-order valence-corrected chi connectivity index (χ4v) is 1.41. The van der Waals surface area contributed by atoms with Crippen molar-refractivity contribution < 1.29 is 35.1 Å². The first-order chi connectivity index (χ1) is 8.56. The summed E-state index contributed by atoms with van der Waals surface area (Å²) < 4.78 is 100. The summed E-state index contributed by atoms with van der Waals surface area (Å²) in [4.78, 5) is 0. The number of benzene rings is 1. The van der Waals surface area contributed by atoms with Crippen LogP contribution in [-0.4, -0.2) is 6.18 Å². The van der Waals surface area contributed by atoms with Crippen molar-refractivity contribution in [2.75, 3.05) is 0 Å². The Morgan fingerprint density at radius 1 is 0.789 bits per heavy atom. The normalized spacial score (nSPS) is 13.7. The van der Waals surface area contributed by atoms with Gasteiger partial charge in [-0.1, -0.05) is 0 Å². The van der Waals surface area contributed by atoms with Crippen molar-refractivity contribution >= 4 is 0 Å². The quantitative estimate of drug-likeness (QED) is 0.513. The molecule has 0 fully saturated rings. The first kappa shape index (κ1) is 15.7. The van der Waals surface area contributed by atoms with E-state index in [1.54, 1.807) is 0 Å². The van der Waals surface area contributed by atoms with E-state index >= 15 is 0 Å². The Labute approximate surface area is 102 Å². The molecule has 1 aromatic carbocycles. The molecule has 0 spiro atoms. The predicted molar refractivity (Wildman–Crippen MR) is 48.4 cm³/mol. The van der Waals surface area contributed by atoms with Gasteiger partial charge in [0.1, 0.15) is 0 Å². The van der Waals surface area contributed by atoms with Crippen LogP contribution in [0.4, 0.5) is 35.1 Å². The molecule has 0 amide bonds. The molecular weight excluding hydrogens is 286 g/mol. The van der Waals surface area contributed by atoms with Gasteiger partial charge < -0.3 is 5.73 Å². The van der Waals surface area contributed by atoms with Crippen molar-refractivity contribution in [2.24, 2.45) is 5.73 Å². The largest absolute Gasteiger partial charge is 0.389 e. The van der Waals surface area contributed by atoms with E-state index in [-0.39, 0.29) is 0 Å². The second-order valence-corrected chi connectivity index (χ2v) is 3.74. The summed E-state index contributed by atoms with van der Waals surface area (Å²) in [5, 5.41) is 0. The molecule has 0 radical (unpaired) electrons. The number of rotatable bonds is 3. The van der Waals surface area contributed by atoms with E-state index in [1.165, 1.54) is 0 Å². The van der Waals surface area contributed by atoms with E-state index < -0.39 is 59.7 Å². The summed E-state index contributed by atoms with van der Waals surface area (Å²) in [7, 11) is 0. The zero-order valence-electron chi connectivity index (χ0n) is 9.09. The topological polar surface area (TPSA) is 26.0 Å². The van der Waals surface area contributed by atoms with Gasteiger partial charge in [-0.05, 0) is 6.42 Å². The van der Waals surface area contributed by atoms with Gasteiger partial charge in [-0.25, -0.2) is 22.0 Å². The first-order valence-corrected chi connectivity index (χ1v) is 4.90. The summed E-state index contributed by atoms with van der Waals surface area (Å²) in [5.74, 6) is -11.3. The Hall–Kier alpha value is -1.38. The lowest BCUT2D eigenvalue weighted by Crippen LogP contribution is -2.20. The molecule has 0 heterocycles. The second-order valence-electron chi connectivity index (χ2n) is 3.74. The minimum atomic E-state index is -4.65. The summed E-state index contributed by atoms with van der Waals surface area (Å²) in [6.45, 7) is 0. The van der Waals surface area contributed by atoms with E-state index in [4.69, 9.17) is 5.73 Å². The predicted octanol–water partition coefficient (Wildman–Crippen LogP) is 3.72. The molecular formula is C10H7F8N. The van der Waals surface area contributed by atoms with Gasteiger partial charge in [0, 0.05) is 18.0 Å². The fraction of sp³-hybridized carbons (Fsp3) is 0.400. The lowest BCUT2D eigenvalue weighted by Gasteiger charge is -2.16. The van der Waals surface area contributed by atoms with Crippen molar-refractivity contribution in [2.45, 2.75) is 25.1 Å². The minimum Gasteiger partial charge on any atom is -0.324 e. The van der Waals surface area contributed by atoms with E-state index in [0.29, 0.717) is 0 Å². The highest BCUT2D eigenvalue weighted by atomic mass is 19.4. The van der Waals surface area contributed by atoms with E-state index in [1.807, 2.05) is 0 Å². The summed E-state index contributed by atoms with van der Waals surface area (Å²) in [6, 6.07) is -1.95. The van der Waals surface area contributed by atoms with Gasteiger partial charge >= 0.3 is 6.18 Å². The monoisotopic (exact) mass is 293 g/mol. The van der Waals surface area contributed by atoms with Gasteiger partial charge in [0.25, 0.3) is 0 Å². The Morgan fingerprint density at radius 2 is 1.16 bits per heavy atom. The number of hydrogen-bond donors (Lipinski definition) is 1. The standard InChI is InChI=1S/C10H7F8N/c11-5-4(3(19)1-2-10(16,17)18)6(12)8(14)9(15)7(5)13/h3H,1-2,19H2/t3-/m1/s1. The molecule has 1 atom stereocenters. The van der Waals surface area contributed by atoms with Crippen molar-refractivity contribution in [3.63, 3.8) is 0 Å². The first-order valence-electron chi connectivity index (χ1n) is 4.90. The van der Waals surface area contributed by atoms with Crippen LogP contribution in [0.1, 0.15) is 24.4 Å². The average molecular weight is 293 g/mol. The van der Waals surface area contributed by atoms with Gasteiger partial charge in [-0.2, -0.15) is 13.2 Å². The highest BCUT2D eigenvalue weighted by molar-refractivity contribution is 5.26. The zero-order chi connectivity index (χ0) is 15.0. The van der Waals surface area contributed by atoms with Gasteiger partial charge in [0.2, 0.25) is 5.82 Å². The smallest absolute Gasteiger partial charge is 0.324 e. The third-order valence-corrected chi connectivity index (χ3v) is 2.35. The second kappa shape index (κ2) is 5.32. The van der Waals surface area contributed by atoms with Crippen LogP contribution in [0.25, 0.3) is 0 Å². The van der Waals surface area contributed by atoms with Crippen LogP contribution in [-0.2, 0) is 0 Å². The van der Waals surface area contributed by atoms with Gasteiger partial charge in [-0.15, -0.1) is 0 Å². The van der Waals surface area contributed by atoms with Gasteiger partial charge in [-0.3, -0.25) is 0 Å². The molecule has 19 heavy (non-hydrogen) atoms. The van der Waals surface area contributed by atoms with Gasteiger partial charge in [0.15, 0.2) is 23.3 Å². The van der Waals surface area contributed by atoms with Crippen LogP contribution in [0.5, 0.6) is 0 Å². The summed E-state index contributed by atoms with van der Waals surface area (Å²) in [6.07, 6.45) is -7.16. The molecule has 9 heteroatoms. The molecule has 2 N–H and O–H groups in total. The molecule has 0 aliphatic carbocycles. The van der Waals surface area contributed by atoms with Crippen LogP contribution in [0.3, 0.4) is 0 Å². The zero-order valence-corrected chi connectivity index (χ0v) is 9.09. The molecule has 1 nitrogen and oxygen atoms in total. The van der Waals surface area contributed by atoms with Crippen molar-refractivity contribution in [3.8, 4) is 0 Å². The van der Waals surface area contributed by atoms with Crippen LogP contribution in [0.15, 0.2) is 0 Å². The SMILES string of the molecule is N[C@H](CCC(F)(F)F)c1c(F)c(F)c(F)c(F)c1F. The number of hydrogen-bond acceptors (Lipinski definition) is 1. The summed E-state index contributed by atoms with van der Waals surface area (Å²) >= 11 is 0. The third-order valence-electron chi connectivity index (χ3n) is 2.35. The lowest BCUT2D eigenvalue weighted by molar-refractivity contribution is -0.136. The van der Waals surface area contributed by atoms with Crippen LogP contribution < -0.4 is 5.73 Å². The Bertz CT molecular complexity index is 452. The molecule has 108 valence electrons. The molecule has 0 aliphatic heterocycles. The number of nitrogens with two attached hydrogens (primary N) is 1. The maximum atomic E-state index is 13.2. The number of halogens is 8. The Morgan fingerprint density at radius 3 is 1.53 bits per heavy atom. The Balaban J connectivity index is 3.14. The van der Waals surface area contributed by atoms with E-state index in [0.717, 1.165) is 0 Å². The Kier molecular flexibility index (Phi) is 4.39. The molecule has 0 aromatic heterocycles. The van der Waals surface area contributed by atoms with Crippen molar-refractivity contribution in [1.29, 1.82) is 0 Å². The molecule has 1 aromatic rings. The molecule has 0 aliphatic rings. The average Bonchev–Trinajstić information content (AvgIpc) is 2.31. The third kappa shape index (κ3) is 3.34. The fourth-order valence-electron chi connectivity index (χ4n) is 1.41. The molecule has 0 unspecified atom stereocenters. The maximum absolute atomic E-state index is 13.2. The van der Waals surface area contributed by atoms with Crippen LogP contribution >= 0.6 is 0 Å². The van der Waals surface area contributed by atoms with E-state index in [2.05, 4.69) is 0 Å². The molecule has 0 bridgehead atoms. The minimum absolute atomic E-state index is 0.998. The van der Waals surface area contributed by atoms with E-state index in [9.17, 15) is 35.1 Å². The van der Waals surface area contributed by atoms with Crippen molar-refractivity contribution in [3.05, 3.63) is 34.6 Å². The van der Waals surface area contributed by atoms with Crippen LogP contribution in [0, 0.1) is 29.1 Å². The van der Waals surface area contributed by atoms with Gasteiger partial charge in [0.05, 0.1) is 0 Å². The molecule has 0 saturated heterocycles.